The topological polar surface area (TPSA) is 109 Å². The van der Waals surface area contributed by atoms with E-state index in [9.17, 15) is 19.7 Å². The predicted octanol–water partition coefficient (Wildman–Crippen LogP) is 0.563. The van der Waals surface area contributed by atoms with E-state index in [0.717, 1.165) is 12.2 Å². The second-order valence-electron chi connectivity index (χ2n) is 2.37. The molecule has 1 aliphatic carbocycles. The van der Waals surface area contributed by atoms with Crippen LogP contribution in [-0.2, 0) is 9.59 Å². The minimum absolute atomic E-state index is 0.327. The van der Waals surface area contributed by atoms with Gasteiger partial charge < -0.3 is 0 Å². The number of diazo groups is 1. The van der Waals surface area contributed by atoms with Crippen LogP contribution in [0.1, 0.15) is 0 Å². The van der Waals surface area contributed by atoms with Crippen LogP contribution in [0.3, 0.4) is 0 Å². The van der Waals surface area contributed by atoms with E-state index in [0.29, 0.717) is 4.03 Å². The molecular weight excluding hydrogens is 272 g/mol. The van der Waals surface area contributed by atoms with Crippen molar-refractivity contribution in [3.63, 3.8) is 0 Å². The monoisotopic (exact) mass is 273 g/mol. The first-order valence-electron chi connectivity index (χ1n) is 3.45. The van der Waals surface area contributed by atoms with Crippen molar-refractivity contribution in [3.8, 4) is 0 Å². The maximum Gasteiger partial charge on any atom is 0.351 e. The Morgan fingerprint density at radius 2 is 2.07 bits per heavy atom. The zero-order valence-electron chi connectivity index (χ0n) is 6.95. The van der Waals surface area contributed by atoms with Crippen LogP contribution in [0, 0.1) is 15.5 Å². The van der Waals surface area contributed by atoms with Gasteiger partial charge in [-0.25, -0.2) is 0 Å². The van der Waals surface area contributed by atoms with Crippen LogP contribution in [0.5, 0.6) is 0 Å². The van der Waals surface area contributed by atoms with Crippen molar-refractivity contribution in [3.05, 3.63) is 38.7 Å². The Balaban J connectivity index is 3.36. The lowest BCUT2D eigenvalue weighted by Crippen LogP contribution is -2.26. The first kappa shape index (κ1) is 11.0. The van der Waals surface area contributed by atoms with Gasteiger partial charge in [0.1, 0.15) is 16.1 Å². The summed E-state index contributed by atoms with van der Waals surface area (Å²) in [5.74, 6) is -2.25. The van der Waals surface area contributed by atoms with Gasteiger partial charge in [-0.05, 0) is 12.2 Å². The van der Waals surface area contributed by atoms with Crippen LogP contribution in [0.25, 0.3) is 5.08 Å². The largest absolute Gasteiger partial charge is 0.351 e. The Labute approximate surface area is 90.9 Å². The molecule has 76 valence electrons. The number of hydrogen-bond donors (Lipinski definition) is 0. The maximum absolute atomic E-state index is 11.1. The van der Waals surface area contributed by atoms with Crippen molar-refractivity contribution in [1.29, 1.82) is 5.39 Å². The van der Waals surface area contributed by atoms with Crippen molar-refractivity contribution in [2.75, 3.05) is 0 Å². The van der Waals surface area contributed by atoms with E-state index in [1.54, 1.807) is 0 Å². The highest BCUT2D eigenvalue weighted by molar-refractivity contribution is 9.07. The summed E-state index contributed by atoms with van der Waals surface area (Å²) >= 11 is 2.63. The van der Waals surface area contributed by atoms with Gasteiger partial charge in [-0.2, -0.15) is 0 Å². The summed E-state index contributed by atoms with van der Waals surface area (Å²) < 4.78 is 0.534. The van der Waals surface area contributed by atoms with Gasteiger partial charge >= 0.3 is 16.6 Å². The van der Waals surface area contributed by atoms with E-state index >= 15 is 0 Å². The molecule has 0 radical (unpaired) electrons. The van der Waals surface area contributed by atoms with Crippen LogP contribution in [0.4, 0.5) is 0 Å². The third kappa shape index (κ3) is 1.89. The van der Waals surface area contributed by atoms with Gasteiger partial charge in [0.05, 0.1) is 8.96 Å². The number of halogens is 1. The van der Waals surface area contributed by atoms with Crippen molar-refractivity contribution in [2.24, 2.45) is 0 Å². The Hall–Kier alpha value is -2.08. The minimum Gasteiger partial charge on any atom is -0.285 e. The second-order valence-corrected chi connectivity index (χ2v) is 3.04. The molecule has 0 aromatic heterocycles. The Morgan fingerprint density at radius 1 is 1.47 bits per heavy atom. The summed E-state index contributed by atoms with van der Waals surface area (Å²) in [5.41, 5.74) is -1.27. The molecule has 15 heavy (non-hydrogen) atoms. The molecule has 0 amide bonds. The fourth-order valence-corrected chi connectivity index (χ4v) is 1.20. The summed E-state index contributed by atoms with van der Waals surface area (Å²) in [5, 5.41) is 21.4. The molecule has 0 N–H and O–H groups in total. The van der Waals surface area contributed by atoms with Gasteiger partial charge in [0.15, 0.2) is 0 Å². The predicted molar refractivity (Wildman–Crippen MR) is 49.0 cm³/mol. The van der Waals surface area contributed by atoms with E-state index in [2.05, 4.69) is 21.2 Å². The molecule has 0 saturated heterocycles. The molecule has 0 aromatic rings. The molecule has 0 aliphatic heterocycles. The number of nitrogens with zero attached hydrogens (tertiary/aromatic N) is 4. The maximum atomic E-state index is 11.1. The highest BCUT2D eigenvalue weighted by atomic mass is 79.9. The van der Waals surface area contributed by atoms with Crippen molar-refractivity contribution in [2.45, 2.75) is 0 Å². The molecule has 1 rings (SSSR count). The molecule has 0 aromatic carbocycles. The molecule has 0 heterocycles. The highest BCUT2D eigenvalue weighted by Gasteiger charge is 2.39. The second kappa shape index (κ2) is 3.97. The summed E-state index contributed by atoms with van der Waals surface area (Å²) in [6, 6.07) is 0. The highest BCUT2D eigenvalue weighted by Crippen LogP contribution is 2.21. The SMILES string of the molecule is N#[N+]N(Br)C1=C([N+](=O)[O-])C(=O)C(=O)C=C1. The molecule has 0 spiro atoms. The zero-order chi connectivity index (χ0) is 11.6. The minimum atomic E-state index is -1.26. The molecule has 0 fully saturated rings. The van der Waals surface area contributed by atoms with Crippen LogP contribution in [-0.4, -0.2) is 20.5 Å². The third-order valence-electron chi connectivity index (χ3n) is 1.53. The van der Waals surface area contributed by atoms with Gasteiger partial charge in [-0.3, -0.25) is 19.7 Å². The summed E-state index contributed by atoms with van der Waals surface area (Å²) in [4.78, 5) is 31.5. The van der Waals surface area contributed by atoms with Gasteiger partial charge in [0.25, 0.3) is 5.39 Å². The first-order chi connectivity index (χ1) is 6.99. The fourth-order valence-electron chi connectivity index (χ4n) is 0.916. The number of rotatable bonds is 2. The third-order valence-corrected chi connectivity index (χ3v) is 2.06. The van der Waals surface area contributed by atoms with Crippen molar-refractivity contribution < 1.29 is 14.5 Å². The Kier molecular flexibility index (Phi) is 2.91. The molecule has 0 atom stereocenters. The lowest BCUT2D eigenvalue weighted by molar-refractivity contribution is -0.419. The Morgan fingerprint density at radius 3 is 2.53 bits per heavy atom. The van der Waals surface area contributed by atoms with Crippen LogP contribution >= 0.6 is 16.1 Å². The molecule has 0 bridgehead atoms. The van der Waals surface area contributed by atoms with E-state index in [1.807, 2.05) is 0 Å². The summed E-state index contributed by atoms with van der Waals surface area (Å²) in [6.07, 6.45) is 1.85. The standard InChI is InChI=1S/C6H2BrN4O4/c7-10(9-8)3-1-2-4(12)6(13)5(3)11(14)15/h1-2H/q+1. The average Bonchev–Trinajstić information content (AvgIpc) is 2.20. The Bertz CT molecular complexity index is 460. The number of nitro groups is 1. The number of carbonyl (C=O) groups is 2. The number of Topliss-reactive ketones (excluding diaryl/α,β-unsaturated/α-hetero) is 1. The quantitative estimate of drug-likeness (QED) is 0.182. The average molecular weight is 274 g/mol. The number of carbonyl (C=O) groups excluding carboxylic acids is 2. The lowest BCUT2D eigenvalue weighted by atomic mass is 10.1. The number of ketones is 2. The number of allylic oxidation sites excluding steroid dienone is 3. The van der Waals surface area contributed by atoms with Gasteiger partial charge in [0, 0.05) is 0 Å². The molecule has 0 unspecified atom stereocenters. The normalized spacial score (nSPS) is 15.2. The molecule has 8 nitrogen and oxygen atoms in total. The van der Waals surface area contributed by atoms with Crippen molar-refractivity contribution >= 4 is 27.7 Å². The lowest BCUT2D eigenvalue weighted by Gasteiger charge is -2.03. The smallest absolute Gasteiger partial charge is 0.285 e. The van der Waals surface area contributed by atoms with Gasteiger partial charge in [0.2, 0.25) is 11.5 Å². The van der Waals surface area contributed by atoms with Crippen LogP contribution in [0.2, 0.25) is 0 Å². The van der Waals surface area contributed by atoms with Crippen molar-refractivity contribution in [1.82, 2.24) is 4.03 Å². The van der Waals surface area contributed by atoms with Crippen LogP contribution in [0.15, 0.2) is 23.5 Å². The molecular formula is C6H2BrN4O4+. The summed E-state index contributed by atoms with van der Waals surface area (Å²) in [6.45, 7) is 0. The van der Waals surface area contributed by atoms with Crippen LogP contribution < -0.4 is 0 Å². The first-order valence-corrected chi connectivity index (χ1v) is 4.16. The zero-order valence-corrected chi connectivity index (χ0v) is 8.54. The molecule has 0 saturated carbocycles. The van der Waals surface area contributed by atoms with E-state index in [-0.39, 0.29) is 5.70 Å². The summed E-state index contributed by atoms with van der Waals surface area (Å²) in [7, 11) is 0. The fraction of sp³-hybridized carbons (Fsp3) is 0. The van der Waals surface area contributed by atoms with Gasteiger partial charge in [-0.1, -0.05) is 0 Å². The van der Waals surface area contributed by atoms with E-state index < -0.39 is 22.2 Å². The van der Waals surface area contributed by atoms with E-state index in [1.165, 1.54) is 0 Å². The van der Waals surface area contributed by atoms with Gasteiger partial charge in [-0.15, -0.1) is 0 Å². The molecule has 1 aliphatic rings. The number of hydrogen-bond acceptors (Lipinski definition) is 6. The molecule has 9 heteroatoms. The van der Waals surface area contributed by atoms with E-state index in [4.69, 9.17) is 5.39 Å².